The van der Waals surface area contributed by atoms with E-state index in [1.54, 1.807) is 6.92 Å². The molecule has 1 amide bonds. The summed E-state index contributed by atoms with van der Waals surface area (Å²) in [4.78, 5) is 19.3. The molecule has 0 unspecified atom stereocenters. The van der Waals surface area contributed by atoms with Crippen LogP contribution in [0.3, 0.4) is 0 Å². The monoisotopic (exact) mass is 265 g/mol. The van der Waals surface area contributed by atoms with Crippen LogP contribution in [-0.4, -0.2) is 15.9 Å². The maximum absolute atomic E-state index is 13.3. The zero-order valence-electron chi connectivity index (χ0n) is 9.45. The summed E-state index contributed by atoms with van der Waals surface area (Å²) in [5.41, 5.74) is 0.699. The van der Waals surface area contributed by atoms with Gasteiger partial charge in [0.05, 0.1) is 0 Å². The minimum atomic E-state index is -0.455. The molecule has 1 aromatic carbocycles. The summed E-state index contributed by atoms with van der Waals surface area (Å²) in [6.45, 7) is 1.63. The molecule has 0 fully saturated rings. The molecule has 0 spiro atoms. The minimum absolute atomic E-state index is 0.0305. The van der Waals surface area contributed by atoms with Crippen molar-refractivity contribution in [2.75, 3.05) is 5.32 Å². The van der Waals surface area contributed by atoms with Crippen LogP contribution in [0.4, 0.5) is 10.2 Å². The van der Waals surface area contributed by atoms with E-state index in [4.69, 9.17) is 11.6 Å². The van der Waals surface area contributed by atoms with Crippen LogP contribution in [0.5, 0.6) is 0 Å². The Bertz CT molecular complexity index is 604. The van der Waals surface area contributed by atoms with Gasteiger partial charge in [0, 0.05) is 11.8 Å². The van der Waals surface area contributed by atoms with Gasteiger partial charge in [-0.15, -0.1) is 0 Å². The zero-order chi connectivity index (χ0) is 13.1. The smallest absolute Gasteiger partial charge is 0.256 e. The predicted molar refractivity (Wildman–Crippen MR) is 66.1 cm³/mol. The highest BCUT2D eigenvalue weighted by Gasteiger charge is 2.09. The lowest BCUT2D eigenvalue weighted by molar-refractivity contribution is 0.102. The molecule has 6 heteroatoms. The number of nitrogens with zero attached hydrogens (tertiary/aromatic N) is 2. The van der Waals surface area contributed by atoms with E-state index in [9.17, 15) is 9.18 Å². The summed E-state index contributed by atoms with van der Waals surface area (Å²) >= 11 is 5.59. The highest BCUT2D eigenvalue weighted by atomic mass is 35.5. The van der Waals surface area contributed by atoms with Gasteiger partial charge < -0.3 is 5.32 Å². The fraction of sp³-hybridized carbons (Fsp3) is 0.0833. The van der Waals surface area contributed by atoms with E-state index in [1.807, 2.05) is 0 Å². The van der Waals surface area contributed by atoms with E-state index < -0.39 is 11.7 Å². The molecule has 0 atom stereocenters. The quantitative estimate of drug-likeness (QED) is 0.850. The number of rotatable bonds is 2. The zero-order valence-corrected chi connectivity index (χ0v) is 10.2. The SMILES string of the molecule is Cc1ccc(C(=O)Nc2ccnc(Cl)n2)cc1F. The van der Waals surface area contributed by atoms with Gasteiger partial charge in [-0.3, -0.25) is 4.79 Å². The van der Waals surface area contributed by atoms with Crippen molar-refractivity contribution in [1.82, 2.24) is 9.97 Å². The van der Waals surface area contributed by atoms with Crippen molar-refractivity contribution < 1.29 is 9.18 Å². The number of benzene rings is 1. The Balaban J connectivity index is 2.19. The molecule has 0 radical (unpaired) electrons. The van der Waals surface area contributed by atoms with Crippen molar-refractivity contribution in [2.24, 2.45) is 0 Å². The van der Waals surface area contributed by atoms with Crippen LogP contribution in [0.25, 0.3) is 0 Å². The number of hydrogen-bond acceptors (Lipinski definition) is 3. The third-order valence-corrected chi connectivity index (χ3v) is 2.48. The van der Waals surface area contributed by atoms with E-state index in [2.05, 4.69) is 15.3 Å². The van der Waals surface area contributed by atoms with Crippen molar-refractivity contribution in [3.05, 3.63) is 52.7 Å². The summed E-state index contributed by atoms with van der Waals surface area (Å²) in [6, 6.07) is 5.75. The van der Waals surface area contributed by atoms with Gasteiger partial charge in [0.1, 0.15) is 11.6 Å². The second kappa shape index (κ2) is 5.10. The first-order valence-electron chi connectivity index (χ1n) is 5.12. The van der Waals surface area contributed by atoms with Crippen molar-refractivity contribution in [1.29, 1.82) is 0 Å². The van der Waals surface area contributed by atoms with E-state index in [0.29, 0.717) is 5.56 Å². The van der Waals surface area contributed by atoms with Gasteiger partial charge in [-0.25, -0.2) is 14.4 Å². The van der Waals surface area contributed by atoms with Gasteiger partial charge in [-0.1, -0.05) is 6.07 Å². The second-order valence-corrected chi connectivity index (χ2v) is 3.97. The van der Waals surface area contributed by atoms with Crippen LogP contribution in [0.1, 0.15) is 15.9 Å². The molecule has 0 bridgehead atoms. The molecule has 0 aliphatic carbocycles. The maximum Gasteiger partial charge on any atom is 0.256 e. The van der Waals surface area contributed by atoms with Gasteiger partial charge in [-0.2, -0.15) is 0 Å². The molecule has 0 aliphatic rings. The molecular formula is C12H9ClFN3O. The average molecular weight is 266 g/mol. The predicted octanol–water partition coefficient (Wildman–Crippen LogP) is 2.83. The lowest BCUT2D eigenvalue weighted by Crippen LogP contribution is -2.13. The van der Waals surface area contributed by atoms with Gasteiger partial charge in [0.2, 0.25) is 5.28 Å². The van der Waals surface area contributed by atoms with Gasteiger partial charge >= 0.3 is 0 Å². The second-order valence-electron chi connectivity index (χ2n) is 3.63. The number of hydrogen-bond donors (Lipinski definition) is 1. The third kappa shape index (κ3) is 2.81. The lowest BCUT2D eigenvalue weighted by Gasteiger charge is -2.05. The Kier molecular flexibility index (Phi) is 3.53. The molecule has 0 saturated carbocycles. The summed E-state index contributed by atoms with van der Waals surface area (Å²) in [7, 11) is 0. The Morgan fingerprint density at radius 1 is 1.39 bits per heavy atom. The molecule has 2 rings (SSSR count). The van der Waals surface area contributed by atoms with Crippen LogP contribution in [-0.2, 0) is 0 Å². The molecule has 4 nitrogen and oxygen atoms in total. The standard InChI is InChI=1S/C12H9ClFN3O/c1-7-2-3-8(6-9(7)14)11(18)16-10-4-5-15-12(13)17-10/h2-6H,1H3,(H,15,16,17,18). The number of carbonyl (C=O) groups is 1. The topological polar surface area (TPSA) is 54.9 Å². The highest BCUT2D eigenvalue weighted by molar-refractivity contribution is 6.28. The Hall–Kier alpha value is -2.01. The van der Waals surface area contributed by atoms with Gasteiger partial charge in [-0.05, 0) is 42.3 Å². The summed E-state index contributed by atoms with van der Waals surface area (Å²) in [5.74, 6) is -0.618. The van der Waals surface area contributed by atoms with Crippen molar-refractivity contribution in [3.8, 4) is 0 Å². The highest BCUT2D eigenvalue weighted by Crippen LogP contribution is 2.12. The number of amides is 1. The largest absolute Gasteiger partial charge is 0.306 e. The number of anilines is 1. The Labute approximate surface area is 108 Å². The molecule has 18 heavy (non-hydrogen) atoms. The van der Waals surface area contributed by atoms with Crippen LogP contribution in [0.15, 0.2) is 30.5 Å². The van der Waals surface area contributed by atoms with Crippen LogP contribution >= 0.6 is 11.6 Å². The molecule has 0 saturated heterocycles. The molecule has 92 valence electrons. The summed E-state index contributed by atoms with van der Waals surface area (Å²) < 4.78 is 13.3. The Morgan fingerprint density at radius 2 is 2.17 bits per heavy atom. The molecule has 1 aromatic heterocycles. The number of halogens is 2. The van der Waals surface area contributed by atoms with Gasteiger partial charge in [0.15, 0.2) is 0 Å². The fourth-order valence-electron chi connectivity index (χ4n) is 1.33. The average Bonchev–Trinajstić information content (AvgIpc) is 2.32. The van der Waals surface area contributed by atoms with E-state index >= 15 is 0 Å². The minimum Gasteiger partial charge on any atom is -0.306 e. The molecule has 1 heterocycles. The third-order valence-electron chi connectivity index (χ3n) is 2.30. The first-order chi connectivity index (χ1) is 8.56. The van der Waals surface area contributed by atoms with E-state index in [-0.39, 0.29) is 16.7 Å². The fourth-order valence-corrected chi connectivity index (χ4v) is 1.47. The van der Waals surface area contributed by atoms with Crippen LogP contribution in [0, 0.1) is 12.7 Å². The first-order valence-corrected chi connectivity index (χ1v) is 5.50. The number of aryl methyl sites for hydroxylation is 1. The first kappa shape index (κ1) is 12.4. The maximum atomic E-state index is 13.3. The van der Waals surface area contributed by atoms with E-state index in [1.165, 1.54) is 30.5 Å². The van der Waals surface area contributed by atoms with E-state index in [0.717, 1.165) is 0 Å². The van der Waals surface area contributed by atoms with Crippen molar-refractivity contribution in [2.45, 2.75) is 6.92 Å². The molecule has 2 aromatic rings. The summed E-state index contributed by atoms with van der Waals surface area (Å²) in [6.07, 6.45) is 1.42. The molecular weight excluding hydrogens is 257 g/mol. The lowest BCUT2D eigenvalue weighted by atomic mass is 10.1. The van der Waals surface area contributed by atoms with Gasteiger partial charge in [0.25, 0.3) is 5.91 Å². The van der Waals surface area contributed by atoms with Crippen molar-refractivity contribution >= 4 is 23.3 Å². The normalized spacial score (nSPS) is 10.2. The number of aromatic nitrogens is 2. The van der Waals surface area contributed by atoms with Crippen LogP contribution in [0.2, 0.25) is 5.28 Å². The van der Waals surface area contributed by atoms with Crippen LogP contribution < -0.4 is 5.32 Å². The number of nitrogens with one attached hydrogen (secondary N) is 1. The number of carbonyl (C=O) groups excluding carboxylic acids is 1. The summed E-state index contributed by atoms with van der Waals surface area (Å²) in [5, 5.41) is 2.54. The molecule has 0 aliphatic heterocycles. The molecule has 1 N–H and O–H groups in total. The Morgan fingerprint density at radius 3 is 2.83 bits per heavy atom. The van der Waals surface area contributed by atoms with Crippen molar-refractivity contribution in [3.63, 3.8) is 0 Å².